The zero-order valence-electron chi connectivity index (χ0n) is 12.2. The van der Waals surface area contributed by atoms with E-state index in [1.807, 2.05) is 13.8 Å². The molecule has 21 heavy (non-hydrogen) atoms. The molecule has 0 aliphatic carbocycles. The Morgan fingerprint density at radius 3 is 2.71 bits per heavy atom. The number of hydrogen-bond acceptors (Lipinski definition) is 3. The van der Waals surface area contributed by atoms with Crippen LogP contribution < -0.4 is 40.1 Å². The van der Waals surface area contributed by atoms with Gasteiger partial charge < -0.3 is 14.5 Å². The van der Waals surface area contributed by atoms with Crippen molar-refractivity contribution in [1.82, 2.24) is 4.57 Å². The van der Waals surface area contributed by atoms with Gasteiger partial charge >= 0.3 is 29.6 Å². The second-order valence-corrected chi connectivity index (χ2v) is 5.30. The van der Waals surface area contributed by atoms with Crippen LogP contribution in [0.5, 0.6) is 0 Å². The topological polar surface area (TPSA) is 62.1 Å². The number of hydrogen-bond donors (Lipinski definition) is 0. The summed E-state index contributed by atoms with van der Waals surface area (Å²) in [6.45, 7) is 3.72. The average Bonchev–Trinajstić information content (AvgIpc) is 2.37. The molecule has 2 aromatic rings. The smallest absolute Gasteiger partial charge is 0.544 e. The Hall–Kier alpha value is -1.17. The van der Waals surface area contributed by atoms with E-state index in [2.05, 4.69) is 0 Å². The summed E-state index contributed by atoms with van der Waals surface area (Å²) in [6.07, 6.45) is 1.47. The molecule has 0 fully saturated rings. The Kier molecular flexibility index (Phi) is 4.29. The number of aromatic nitrogens is 1. The minimum atomic E-state index is -1.77. The van der Waals surface area contributed by atoms with Crippen LogP contribution >= 0.6 is 0 Å². The van der Waals surface area contributed by atoms with Crippen molar-refractivity contribution in [3.8, 4) is 0 Å². The molecule has 1 aromatic carbocycles. The molecule has 3 rings (SSSR count). The Morgan fingerprint density at radius 2 is 2.10 bits per heavy atom. The summed E-state index contributed by atoms with van der Waals surface area (Å²) in [4.78, 5) is 23.2. The quantitative estimate of drug-likeness (QED) is 0.467. The summed E-state index contributed by atoms with van der Waals surface area (Å²) in [5.74, 6) is -2.76. The Bertz CT molecular complexity index is 813. The third kappa shape index (κ3) is 2.24. The number of aromatic carboxylic acids is 1. The second-order valence-electron chi connectivity index (χ2n) is 5.30. The van der Waals surface area contributed by atoms with Gasteiger partial charge in [-0.3, -0.25) is 4.79 Å². The molecule has 2 heterocycles. The van der Waals surface area contributed by atoms with Crippen LogP contribution in [0.1, 0.15) is 40.9 Å². The molecule has 0 N–H and O–H groups in total. The third-order valence-electron chi connectivity index (χ3n) is 4.10. The van der Waals surface area contributed by atoms with E-state index in [9.17, 15) is 19.1 Å². The van der Waals surface area contributed by atoms with Gasteiger partial charge in [0.2, 0.25) is 11.4 Å². The molecule has 0 radical (unpaired) electrons. The first-order valence-corrected chi connectivity index (χ1v) is 6.51. The van der Waals surface area contributed by atoms with E-state index in [1.165, 1.54) is 4.57 Å². The van der Waals surface area contributed by atoms with E-state index >= 15 is 0 Å². The molecular weight excluding hydrogens is 284 g/mol. The number of carboxylic acid groups (broad SMARTS) is 1. The van der Waals surface area contributed by atoms with Crippen molar-refractivity contribution < 1.29 is 43.8 Å². The van der Waals surface area contributed by atoms with Gasteiger partial charge in [0.05, 0.1) is 17.0 Å². The minimum absolute atomic E-state index is 0. The molecule has 0 spiro atoms. The van der Waals surface area contributed by atoms with Gasteiger partial charge in [-0.2, -0.15) is 4.39 Å². The van der Waals surface area contributed by atoms with Gasteiger partial charge in [-0.05, 0) is 43.9 Å². The predicted octanol–water partition coefficient (Wildman–Crippen LogP) is -1.68. The first-order chi connectivity index (χ1) is 9.43. The van der Waals surface area contributed by atoms with Crippen LogP contribution in [0.2, 0.25) is 0 Å². The van der Waals surface area contributed by atoms with Crippen molar-refractivity contribution in [2.45, 2.75) is 32.7 Å². The maximum absolute atomic E-state index is 14.5. The minimum Gasteiger partial charge on any atom is -0.544 e. The number of carbonyl (C=O) groups excluding carboxylic acids is 1. The first-order valence-electron chi connectivity index (χ1n) is 6.51. The Balaban J connectivity index is 0.00000161. The molecule has 1 aliphatic heterocycles. The largest absolute Gasteiger partial charge is 1.00 e. The van der Waals surface area contributed by atoms with Crippen LogP contribution in [0.4, 0.5) is 4.39 Å². The third-order valence-corrected chi connectivity index (χ3v) is 4.10. The predicted molar refractivity (Wildman–Crippen MR) is 70.3 cm³/mol. The van der Waals surface area contributed by atoms with E-state index in [0.717, 1.165) is 17.5 Å². The van der Waals surface area contributed by atoms with E-state index in [0.29, 0.717) is 11.9 Å². The molecule has 1 aromatic heterocycles. The van der Waals surface area contributed by atoms with Gasteiger partial charge in [0.15, 0.2) is 0 Å². The zero-order chi connectivity index (χ0) is 14.6. The summed E-state index contributed by atoms with van der Waals surface area (Å²) < 4.78 is 15.8. The van der Waals surface area contributed by atoms with Crippen LogP contribution in [-0.4, -0.2) is 10.5 Å². The number of carbonyl (C=O) groups is 1. The van der Waals surface area contributed by atoms with Crippen molar-refractivity contribution in [3.05, 3.63) is 45.0 Å². The van der Waals surface area contributed by atoms with Crippen molar-refractivity contribution in [2.24, 2.45) is 0 Å². The van der Waals surface area contributed by atoms with Crippen LogP contribution in [0.25, 0.3) is 10.9 Å². The number of nitrogens with zero attached hydrogens (tertiary/aromatic N) is 1. The molecule has 0 amide bonds. The number of benzene rings is 1. The molecule has 0 saturated carbocycles. The summed E-state index contributed by atoms with van der Waals surface area (Å²) in [5.41, 5.74) is 0.751. The maximum Gasteiger partial charge on any atom is 1.00 e. The second kappa shape index (κ2) is 5.55. The molecule has 0 unspecified atom stereocenters. The molecular formula is C15H13FNNaO3. The fraction of sp³-hybridized carbons (Fsp3) is 0.333. The van der Waals surface area contributed by atoms with Gasteiger partial charge in [-0.15, -0.1) is 0 Å². The van der Waals surface area contributed by atoms with Crippen LogP contribution in [0.3, 0.4) is 0 Å². The van der Waals surface area contributed by atoms with Crippen molar-refractivity contribution in [1.29, 1.82) is 0 Å². The van der Waals surface area contributed by atoms with E-state index < -0.39 is 22.9 Å². The first kappa shape index (κ1) is 16.2. The summed E-state index contributed by atoms with van der Waals surface area (Å²) in [7, 11) is 0. The van der Waals surface area contributed by atoms with Crippen LogP contribution in [-0.2, 0) is 6.42 Å². The van der Waals surface area contributed by atoms with Gasteiger partial charge in [0.1, 0.15) is 0 Å². The molecule has 104 valence electrons. The van der Waals surface area contributed by atoms with Crippen molar-refractivity contribution in [3.63, 3.8) is 0 Å². The molecule has 1 atom stereocenters. The van der Waals surface area contributed by atoms with Gasteiger partial charge in [-0.25, -0.2) is 0 Å². The van der Waals surface area contributed by atoms with Crippen molar-refractivity contribution >= 4 is 16.9 Å². The molecule has 6 heteroatoms. The molecule has 4 nitrogen and oxygen atoms in total. The Morgan fingerprint density at radius 1 is 1.43 bits per heavy atom. The van der Waals surface area contributed by atoms with E-state index in [4.69, 9.17) is 0 Å². The average molecular weight is 297 g/mol. The summed E-state index contributed by atoms with van der Waals surface area (Å²) in [5, 5.41) is 11.3. The number of halogens is 1. The van der Waals surface area contributed by atoms with Crippen molar-refractivity contribution in [2.75, 3.05) is 0 Å². The fourth-order valence-corrected chi connectivity index (χ4v) is 3.03. The number of aryl methyl sites for hydroxylation is 2. The SMILES string of the molecule is Cc1ccc2c(=O)c(C(=O)[O-])c(F)n3c2c1CC[C@@H]3C.[Na+]. The van der Waals surface area contributed by atoms with Crippen LogP contribution in [0, 0.1) is 12.9 Å². The summed E-state index contributed by atoms with van der Waals surface area (Å²) >= 11 is 0. The fourth-order valence-electron chi connectivity index (χ4n) is 3.03. The van der Waals surface area contributed by atoms with E-state index in [1.54, 1.807) is 12.1 Å². The van der Waals surface area contributed by atoms with Gasteiger partial charge in [0.25, 0.3) is 0 Å². The molecule has 0 saturated heterocycles. The molecule has 0 bridgehead atoms. The van der Waals surface area contributed by atoms with Crippen LogP contribution in [0.15, 0.2) is 16.9 Å². The number of rotatable bonds is 1. The standard InChI is InChI=1S/C15H14FNO3.Na/c1-7-3-5-10-12-9(7)6-4-8(2)17(12)14(16)11(13(10)18)15(19)20;/h3,5,8H,4,6H2,1-2H3,(H,19,20);/q;+1/p-1/t8-;/m0./s1. The van der Waals surface area contributed by atoms with Gasteiger partial charge in [0, 0.05) is 11.4 Å². The zero-order valence-corrected chi connectivity index (χ0v) is 14.2. The normalized spacial score (nSPS) is 16.6. The number of pyridine rings is 1. The van der Waals surface area contributed by atoms with Gasteiger partial charge in [-0.1, -0.05) is 6.07 Å². The number of carboxylic acids is 1. The Labute approximate surface area is 142 Å². The monoisotopic (exact) mass is 297 g/mol. The molecule has 1 aliphatic rings. The maximum atomic E-state index is 14.5. The van der Waals surface area contributed by atoms with E-state index in [-0.39, 0.29) is 41.0 Å². The summed E-state index contributed by atoms with van der Waals surface area (Å²) in [6, 6.07) is 3.15.